The number of halogens is 5. The lowest BCUT2D eigenvalue weighted by Gasteiger charge is -2.17. The van der Waals surface area contributed by atoms with E-state index in [9.17, 15) is 22.8 Å². The van der Waals surface area contributed by atoms with Gasteiger partial charge in [0.25, 0.3) is 0 Å². The molecule has 0 aromatic heterocycles. The number of hydrogen-bond acceptors (Lipinski definition) is 3. The van der Waals surface area contributed by atoms with Crippen molar-refractivity contribution in [2.45, 2.75) is 25.1 Å². The number of nitrogens with one attached hydrogen (secondary N) is 1. The fourth-order valence-corrected chi connectivity index (χ4v) is 2.97. The first-order valence-corrected chi connectivity index (χ1v) is 8.83. The average molecular weight is 434 g/mol. The van der Waals surface area contributed by atoms with E-state index in [0.29, 0.717) is 21.2 Å². The minimum atomic E-state index is -4.45. The molecule has 1 amide bonds. The Morgan fingerprint density at radius 1 is 1.11 bits per heavy atom. The van der Waals surface area contributed by atoms with Gasteiger partial charge in [0.1, 0.15) is 6.04 Å². The molecule has 0 aliphatic carbocycles. The maximum absolute atomic E-state index is 12.6. The summed E-state index contributed by atoms with van der Waals surface area (Å²) in [5.74, 6) is -1.22. The monoisotopic (exact) mass is 433 g/mol. The molecule has 28 heavy (non-hydrogen) atoms. The quantitative estimate of drug-likeness (QED) is 0.684. The SMILES string of the molecule is COC(=O)[C@@H](Cc1ccc(Cl)cc1Cl)NC(=O)Cc1ccc(C(F)(F)F)cc1. The van der Waals surface area contributed by atoms with Crippen molar-refractivity contribution in [3.63, 3.8) is 0 Å². The van der Waals surface area contributed by atoms with E-state index in [1.807, 2.05) is 0 Å². The minimum Gasteiger partial charge on any atom is -0.467 e. The normalized spacial score (nSPS) is 12.4. The van der Waals surface area contributed by atoms with Gasteiger partial charge in [-0.2, -0.15) is 13.2 Å². The summed E-state index contributed by atoms with van der Waals surface area (Å²) in [7, 11) is 1.18. The van der Waals surface area contributed by atoms with Crippen LogP contribution < -0.4 is 5.32 Å². The van der Waals surface area contributed by atoms with E-state index in [1.54, 1.807) is 12.1 Å². The van der Waals surface area contributed by atoms with Crippen LogP contribution in [0.15, 0.2) is 42.5 Å². The number of esters is 1. The molecule has 0 spiro atoms. The lowest BCUT2D eigenvalue weighted by molar-refractivity contribution is -0.145. The van der Waals surface area contributed by atoms with Crippen LogP contribution in [0, 0.1) is 0 Å². The van der Waals surface area contributed by atoms with Crippen LogP contribution in [0.4, 0.5) is 13.2 Å². The second-order valence-corrected chi connectivity index (χ2v) is 6.80. The lowest BCUT2D eigenvalue weighted by Crippen LogP contribution is -2.43. The van der Waals surface area contributed by atoms with Gasteiger partial charge in [-0.1, -0.05) is 41.4 Å². The maximum Gasteiger partial charge on any atom is 0.416 e. The third-order valence-corrected chi connectivity index (χ3v) is 4.49. The number of ether oxygens (including phenoxy) is 1. The summed E-state index contributed by atoms with van der Waals surface area (Å²) in [6.45, 7) is 0. The van der Waals surface area contributed by atoms with Crippen LogP contribution in [0.1, 0.15) is 16.7 Å². The van der Waals surface area contributed by atoms with E-state index in [-0.39, 0.29) is 12.8 Å². The van der Waals surface area contributed by atoms with Gasteiger partial charge in [-0.15, -0.1) is 0 Å². The first kappa shape index (κ1) is 22.0. The van der Waals surface area contributed by atoms with Crippen LogP contribution in [-0.4, -0.2) is 25.0 Å². The van der Waals surface area contributed by atoms with Crippen LogP contribution in [0.2, 0.25) is 10.0 Å². The van der Waals surface area contributed by atoms with Crippen molar-refractivity contribution in [3.05, 3.63) is 69.2 Å². The summed E-state index contributed by atoms with van der Waals surface area (Å²) in [5.41, 5.74) is 0.149. The standard InChI is InChI=1S/C19H16Cl2F3NO3/c1-28-18(27)16(9-12-4-7-14(20)10-15(12)21)25-17(26)8-11-2-5-13(6-3-11)19(22,23)24/h2-7,10,16H,8-9H2,1H3,(H,25,26)/t16-/m1/s1. The summed E-state index contributed by atoms with van der Waals surface area (Å²) in [4.78, 5) is 24.3. The molecule has 0 radical (unpaired) electrons. The zero-order chi connectivity index (χ0) is 20.9. The van der Waals surface area contributed by atoms with E-state index in [2.05, 4.69) is 5.32 Å². The van der Waals surface area contributed by atoms with Gasteiger partial charge in [-0.3, -0.25) is 4.79 Å². The lowest BCUT2D eigenvalue weighted by atomic mass is 10.0. The van der Waals surface area contributed by atoms with Crippen molar-refractivity contribution < 1.29 is 27.5 Å². The number of alkyl halides is 3. The number of carbonyl (C=O) groups excluding carboxylic acids is 2. The van der Waals surface area contributed by atoms with Crippen molar-refractivity contribution in [1.29, 1.82) is 0 Å². The highest BCUT2D eigenvalue weighted by atomic mass is 35.5. The molecule has 0 aliphatic heterocycles. The molecule has 2 aromatic rings. The predicted octanol–water partition coefficient (Wildman–Crippen LogP) is 4.46. The number of carbonyl (C=O) groups is 2. The van der Waals surface area contributed by atoms with Crippen LogP contribution in [0.3, 0.4) is 0 Å². The Kier molecular flexibility index (Phi) is 7.32. The summed E-state index contributed by atoms with van der Waals surface area (Å²) in [6, 6.07) is 7.95. The zero-order valence-corrected chi connectivity index (χ0v) is 16.2. The highest BCUT2D eigenvalue weighted by Crippen LogP contribution is 2.29. The van der Waals surface area contributed by atoms with Crippen molar-refractivity contribution in [1.82, 2.24) is 5.32 Å². The van der Waals surface area contributed by atoms with Gasteiger partial charge in [0.2, 0.25) is 5.91 Å². The van der Waals surface area contributed by atoms with Crippen molar-refractivity contribution in [3.8, 4) is 0 Å². The van der Waals surface area contributed by atoms with E-state index >= 15 is 0 Å². The van der Waals surface area contributed by atoms with E-state index < -0.39 is 29.7 Å². The number of hydrogen-bond donors (Lipinski definition) is 1. The van der Waals surface area contributed by atoms with E-state index in [4.69, 9.17) is 27.9 Å². The fraction of sp³-hybridized carbons (Fsp3) is 0.263. The number of benzene rings is 2. The smallest absolute Gasteiger partial charge is 0.416 e. The first-order chi connectivity index (χ1) is 13.1. The predicted molar refractivity (Wildman–Crippen MR) is 99.3 cm³/mol. The van der Waals surface area contributed by atoms with Gasteiger partial charge >= 0.3 is 12.1 Å². The third kappa shape index (κ3) is 6.14. The molecule has 1 atom stereocenters. The van der Waals surface area contributed by atoms with Crippen LogP contribution in [-0.2, 0) is 33.3 Å². The first-order valence-electron chi connectivity index (χ1n) is 8.07. The third-order valence-electron chi connectivity index (χ3n) is 3.91. The molecule has 1 N–H and O–H groups in total. The van der Waals surface area contributed by atoms with Crippen molar-refractivity contribution in [2.75, 3.05) is 7.11 Å². The Morgan fingerprint density at radius 3 is 2.29 bits per heavy atom. The zero-order valence-electron chi connectivity index (χ0n) is 14.6. The molecule has 0 unspecified atom stereocenters. The molecule has 0 saturated carbocycles. The Hall–Kier alpha value is -2.25. The highest BCUT2D eigenvalue weighted by molar-refractivity contribution is 6.35. The van der Waals surface area contributed by atoms with Gasteiger partial charge in [0, 0.05) is 16.5 Å². The molecule has 9 heteroatoms. The van der Waals surface area contributed by atoms with Crippen molar-refractivity contribution >= 4 is 35.1 Å². The number of amides is 1. The molecule has 2 rings (SSSR count). The topological polar surface area (TPSA) is 55.4 Å². The molecular formula is C19H16Cl2F3NO3. The van der Waals surface area contributed by atoms with Gasteiger partial charge in [0.05, 0.1) is 19.1 Å². The summed E-state index contributed by atoms with van der Waals surface area (Å²) in [5, 5.41) is 3.28. The van der Waals surface area contributed by atoms with Gasteiger partial charge in [-0.25, -0.2) is 4.79 Å². The molecule has 0 aliphatic rings. The Morgan fingerprint density at radius 2 is 1.75 bits per heavy atom. The molecule has 0 heterocycles. The summed E-state index contributed by atoms with van der Waals surface area (Å²) < 4.78 is 42.5. The fourth-order valence-electron chi connectivity index (χ4n) is 2.49. The second-order valence-electron chi connectivity index (χ2n) is 5.95. The molecule has 0 fully saturated rings. The average Bonchev–Trinajstić information content (AvgIpc) is 2.62. The second kappa shape index (κ2) is 9.30. The minimum absolute atomic E-state index is 0.0709. The van der Waals surface area contributed by atoms with E-state index in [0.717, 1.165) is 12.1 Å². The number of rotatable bonds is 6. The molecule has 2 aromatic carbocycles. The van der Waals surface area contributed by atoms with E-state index in [1.165, 1.54) is 25.3 Å². The van der Waals surface area contributed by atoms with Crippen LogP contribution >= 0.6 is 23.2 Å². The highest BCUT2D eigenvalue weighted by Gasteiger charge is 2.30. The van der Waals surface area contributed by atoms with Crippen LogP contribution in [0.5, 0.6) is 0 Å². The van der Waals surface area contributed by atoms with Crippen molar-refractivity contribution in [2.24, 2.45) is 0 Å². The molecule has 4 nitrogen and oxygen atoms in total. The Labute approximate surface area is 169 Å². The Balaban J connectivity index is 2.07. The molecule has 0 saturated heterocycles. The maximum atomic E-state index is 12.6. The van der Waals surface area contributed by atoms with Gasteiger partial charge < -0.3 is 10.1 Å². The number of methoxy groups -OCH3 is 1. The summed E-state index contributed by atoms with van der Waals surface area (Å²) in [6.07, 6.45) is -4.57. The molecule has 150 valence electrons. The molecular weight excluding hydrogens is 418 g/mol. The summed E-state index contributed by atoms with van der Waals surface area (Å²) >= 11 is 11.9. The molecule has 0 bridgehead atoms. The largest absolute Gasteiger partial charge is 0.467 e. The van der Waals surface area contributed by atoms with Crippen LogP contribution in [0.25, 0.3) is 0 Å². The Bertz CT molecular complexity index is 854. The van der Waals surface area contributed by atoms with Gasteiger partial charge in [-0.05, 0) is 35.4 Å². The van der Waals surface area contributed by atoms with Gasteiger partial charge in [0.15, 0.2) is 0 Å².